The molecule has 0 N–H and O–H groups in total. The summed E-state index contributed by atoms with van der Waals surface area (Å²) in [6.45, 7) is 2.08. The SMILES string of the molecule is Cc1ncc(Cc2ccc(Cc3cccc4ccccc34)c3ccncc23)c2ccccc12. The Bertz CT molecular complexity index is 1630. The molecular formula is C31H24N2. The van der Waals surface area contributed by atoms with E-state index in [9.17, 15) is 0 Å². The standard InChI is InChI=1S/C31H24N2/c1-21-27-10-4-5-12-29(27)26(19-33-21)18-25-14-13-24(30-15-16-32-20-31(25)30)17-23-9-6-8-22-7-2-3-11-28(22)23/h2-16,19-20H,17-18H2,1H3. The number of aryl methyl sites for hydroxylation is 1. The summed E-state index contributed by atoms with van der Waals surface area (Å²) in [7, 11) is 0. The molecule has 0 aliphatic carbocycles. The number of rotatable bonds is 4. The van der Waals surface area contributed by atoms with Gasteiger partial charge in [-0.05, 0) is 63.2 Å². The van der Waals surface area contributed by atoms with Gasteiger partial charge in [-0.15, -0.1) is 0 Å². The van der Waals surface area contributed by atoms with Gasteiger partial charge < -0.3 is 0 Å². The highest BCUT2D eigenvalue weighted by atomic mass is 14.7. The lowest BCUT2D eigenvalue weighted by Gasteiger charge is -2.14. The molecule has 0 amide bonds. The highest BCUT2D eigenvalue weighted by Gasteiger charge is 2.11. The molecule has 6 aromatic rings. The number of nitrogens with zero attached hydrogens (tertiary/aromatic N) is 2. The molecule has 4 aromatic carbocycles. The van der Waals surface area contributed by atoms with Crippen LogP contribution < -0.4 is 0 Å². The fourth-order valence-electron chi connectivity index (χ4n) is 5.01. The summed E-state index contributed by atoms with van der Waals surface area (Å²) in [5.74, 6) is 0. The number of hydrogen-bond donors (Lipinski definition) is 0. The van der Waals surface area contributed by atoms with E-state index in [4.69, 9.17) is 0 Å². The lowest BCUT2D eigenvalue weighted by atomic mass is 9.91. The zero-order chi connectivity index (χ0) is 22.2. The predicted molar refractivity (Wildman–Crippen MR) is 138 cm³/mol. The zero-order valence-electron chi connectivity index (χ0n) is 18.6. The van der Waals surface area contributed by atoms with Gasteiger partial charge in [0.15, 0.2) is 0 Å². The first-order chi connectivity index (χ1) is 16.3. The van der Waals surface area contributed by atoms with E-state index in [-0.39, 0.29) is 0 Å². The summed E-state index contributed by atoms with van der Waals surface area (Å²) in [4.78, 5) is 9.14. The van der Waals surface area contributed by atoms with Crippen LogP contribution in [-0.4, -0.2) is 9.97 Å². The van der Waals surface area contributed by atoms with Crippen molar-refractivity contribution in [2.45, 2.75) is 19.8 Å². The lowest BCUT2D eigenvalue weighted by Crippen LogP contribution is -1.98. The quantitative estimate of drug-likeness (QED) is 0.294. The maximum atomic E-state index is 4.67. The van der Waals surface area contributed by atoms with Crippen molar-refractivity contribution in [1.29, 1.82) is 0 Å². The van der Waals surface area contributed by atoms with Gasteiger partial charge in [0.25, 0.3) is 0 Å². The Kier molecular flexibility index (Phi) is 4.84. The van der Waals surface area contributed by atoms with Crippen molar-refractivity contribution in [3.8, 4) is 0 Å². The number of aromatic nitrogens is 2. The first kappa shape index (κ1) is 19.6. The average molecular weight is 425 g/mol. The zero-order valence-corrected chi connectivity index (χ0v) is 18.6. The van der Waals surface area contributed by atoms with Gasteiger partial charge in [0.05, 0.1) is 0 Å². The minimum atomic E-state index is 0.838. The van der Waals surface area contributed by atoms with Gasteiger partial charge in [0.1, 0.15) is 0 Å². The Morgan fingerprint density at radius 3 is 2.03 bits per heavy atom. The van der Waals surface area contributed by atoms with E-state index in [0.29, 0.717) is 0 Å². The normalized spacial score (nSPS) is 11.4. The molecule has 0 atom stereocenters. The van der Waals surface area contributed by atoms with Crippen molar-refractivity contribution in [1.82, 2.24) is 9.97 Å². The highest BCUT2D eigenvalue weighted by Crippen LogP contribution is 2.30. The van der Waals surface area contributed by atoms with E-state index in [1.54, 1.807) is 0 Å². The second-order valence-electron chi connectivity index (χ2n) is 8.71. The molecule has 6 rings (SSSR count). The van der Waals surface area contributed by atoms with Crippen LogP contribution in [0.3, 0.4) is 0 Å². The molecular weight excluding hydrogens is 400 g/mol. The second kappa shape index (κ2) is 8.14. The molecule has 2 heteroatoms. The Labute approximate surface area is 193 Å². The molecule has 0 unspecified atom stereocenters. The molecule has 2 heterocycles. The van der Waals surface area contributed by atoms with Crippen LogP contribution in [0.1, 0.15) is 27.9 Å². The van der Waals surface area contributed by atoms with Crippen LogP contribution in [0.4, 0.5) is 0 Å². The molecule has 0 fully saturated rings. The summed E-state index contributed by atoms with van der Waals surface area (Å²) in [5, 5.41) is 7.62. The first-order valence-electron chi connectivity index (χ1n) is 11.4. The number of benzene rings is 4. The Balaban J connectivity index is 1.44. The van der Waals surface area contributed by atoms with Crippen LogP contribution in [0.25, 0.3) is 32.3 Å². The van der Waals surface area contributed by atoms with Crippen molar-refractivity contribution < 1.29 is 0 Å². The van der Waals surface area contributed by atoms with Crippen LogP contribution in [0.15, 0.2) is 104 Å². The molecule has 2 nitrogen and oxygen atoms in total. The van der Waals surface area contributed by atoms with Gasteiger partial charge in [-0.3, -0.25) is 9.97 Å². The Morgan fingerprint density at radius 1 is 0.515 bits per heavy atom. The van der Waals surface area contributed by atoms with Gasteiger partial charge in [-0.1, -0.05) is 78.9 Å². The van der Waals surface area contributed by atoms with E-state index >= 15 is 0 Å². The lowest BCUT2D eigenvalue weighted by molar-refractivity contribution is 1.14. The molecule has 0 aliphatic heterocycles. The molecule has 0 radical (unpaired) electrons. The molecule has 0 bridgehead atoms. The summed E-state index contributed by atoms with van der Waals surface area (Å²) in [6, 6.07) is 30.5. The van der Waals surface area contributed by atoms with Crippen molar-refractivity contribution in [3.63, 3.8) is 0 Å². The smallest absolute Gasteiger partial charge is 0.0451 e. The van der Waals surface area contributed by atoms with Gasteiger partial charge in [-0.2, -0.15) is 0 Å². The second-order valence-corrected chi connectivity index (χ2v) is 8.71. The van der Waals surface area contributed by atoms with Gasteiger partial charge >= 0.3 is 0 Å². The van der Waals surface area contributed by atoms with Crippen LogP contribution in [0.2, 0.25) is 0 Å². The largest absolute Gasteiger partial charge is 0.264 e. The monoisotopic (exact) mass is 424 g/mol. The van der Waals surface area contributed by atoms with Crippen molar-refractivity contribution >= 4 is 32.3 Å². The minimum absolute atomic E-state index is 0.838. The molecule has 158 valence electrons. The molecule has 2 aromatic heterocycles. The van der Waals surface area contributed by atoms with Crippen LogP contribution in [0, 0.1) is 6.92 Å². The number of pyridine rings is 2. The number of fused-ring (bicyclic) bond motifs is 3. The van der Waals surface area contributed by atoms with Crippen molar-refractivity contribution in [3.05, 3.63) is 131 Å². The van der Waals surface area contributed by atoms with Crippen LogP contribution in [0.5, 0.6) is 0 Å². The minimum Gasteiger partial charge on any atom is -0.264 e. The van der Waals surface area contributed by atoms with Crippen LogP contribution >= 0.6 is 0 Å². The predicted octanol–water partition coefficient (Wildman–Crippen LogP) is 7.43. The van der Waals surface area contributed by atoms with E-state index in [0.717, 1.165) is 18.5 Å². The fraction of sp³-hybridized carbons (Fsp3) is 0.0968. The molecule has 33 heavy (non-hydrogen) atoms. The van der Waals surface area contributed by atoms with Crippen molar-refractivity contribution in [2.24, 2.45) is 0 Å². The van der Waals surface area contributed by atoms with E-state index in [2.05, 4.69) is 102 Å². The maximum absolute atomic E-state index is 4.67. The van der Waals surface area contributed by atoms with Crippen LogP contribution in [-0.2, 0) is 12.8 Å². The molecule has 0 saturated heterocycles. The third-order valence-electron chi connectivity index (χ3n) is 6.72. The topological polar surface area (TPSA) is 25.8 Å². The highest BCUT2D eigenvalue weighted by molar-refractivity contribution is 5.92. The van der Waals surface area contributed by atoms with E-state index in [1.807, 2.05) is 18.6 Å². The van der Waals surface area contributed by atoms with Gasteiger partial charge in [-0.25, -0.2) is 0 Å². The summed E-state index contributed by atoms with van der Waals surface area (Å²) in [6.07, 6.45) is 7.69. The Hall–Kier alpha value is -4.04. The Morgan fingerprint density at radius 2 is 1.15 bits per heavy atom. The average Bonchev–Trinajstić information content (AvgIpc) is 2.87. The fourth-order valence-corrected chi connectivity index (χ4v) is 5.01. The summed E-state index contributed by atoms with van der Waals surface area (Å²) >= 11 is 0. The maximum Gasteiger partial charge on any atom is 0.0451 e. The molecule has 0 saturated carbocycles. The van der Waals surface area contributed by atoms with Crippen molar-refractivity contribution in [2.75, 3.05) is 0 Å². The molecule has 0 spiro atoms. The van der Waals surface area contributed by atoms with Gasteiger partial charge in [0, 0.05) is 41.5 Å². The summed E-state index contributed by atoms with van der Waals surface area (Å²) < 4.78 is 0. The van der Waals surface area contributed by atoms with E-state index in [1.165, 1.54) is 54.6 Å². The molecule has 0 aliphatic rings. The third kappa shape index (κ3) is 3.54. The van der Waals surface area contributed by atoms with E-state index < -0.39 is 0 Å². The first-order valence-corrected chi connectivity index (χ1v) is 11.4. The van der Waals surface area contributed by atoms with Gasteiger partial charge in [0.2, 0.25) is 0 Å². The number of hydrogen-bond acceptors (Lipinski definition) is 2. The third-order valence-corrected chi connectivity index (χ3v) is 6.72. The summed E-state index contributed by atoms with van der Waals surface area (Å²) in [5.41, 5.74) is 6.30.